The van der Waals surface area contributed by atoms with Crippen molar-refractivity contribution in [2.24, 2.45) is 0 Å². The lowest BCUT2D eigenvalue weighted by Crippen LogP contribution is -2.28. The predicted octanol–water partition coefficient (Wildman–Crippen LogP) is 8.50. The molecule has 1 heterocycles. The molecule has 186 valence electrons. The van der Waals surface area contributed by atoms with Crippen molar-refractivity contribution in [3.05, 3.63) is 155 Å². The van der Waals surface area contributed by atoms with Gasteiger partial charge in [0.15, 0.2) is 5.82 Å². The van der Waals surface area contributed by atoms with Gasteiger partial charge in [0, 0.05) is 37.9 Å². The lowest BCUT2D eigenvalue weighted by atomic mass is 9.79. The van der Waals surface area contributed by atoms with Crippen LogP contribution in [0.5, 0.6) is 0 Å². The first-order valence-corrected chi connectivity index (χ1v) is 13.6. The summed E-state index contributed by atoms with van der Waals surface area (Å²) in [4.78, 5) is 10.3. The van der Waals surface area contributed by atoms with E-state index in [0.717, 1.165) is 54.8 Å². The van der Waals surface area contributed by atoms with Gasteiger partial charge in [-0.3, -0.25) is 0 Å². The molecule has 1 N–H and O–H groups in total. The Morgan fingerprint density at radius 2 is 1.00 bits per heavy atom. The monoisotopic (exact) mass is 566 g/mol. The number of hydrogen-bond acceptors (Lipinski definition) is 3. The van der Waals surface area contributed by atoms with E-state index in [2.05, 4.69) is 34.1 Å². The molecule has 0 radical (unpaired) electrons. The van der Waals surface area contributed by atoms with Gasteiger partial charge in [0.2, 0.25) is 0 Å². The summed E-state index contributed by atoms with van der Waals surface area (Å²) >= 11 is 3.53. The molecule has 3 nitrogen and oxygen atoms in total. The van der Waals surface area contributed by atoms with Crippen molar-refractivity contribution in [3.63, 3.8) is 0 Å². The SMILES string of the molecule is OC1(c2ccccc2-c2ccccc2)c2ccccc2-c2nc(-c3ccc(Br)cc3)nc(-c3ccccc3)c21. The highest BCUT2D eigenvalue weighted by atomic mass is 79.9. The smallest absolute Gasteiger partial charge is 0.160 e. The molecule has 7 rings (SSSR count). The molecule has 39 heavy (non-hydrogen) atoms. The van der Waals surface area contributed by atoms with Crippen molar-refractivity contribution >= 4 is 15.9 Å². The Hall–Kier alpha value is -4.38. The van der Waals surface area contributed by atoms with E-state index >= 15 is 0 Å². The second kappa shape index (κ2) is 9.42. The van der Waals surface area contributed by atoms with Gasteiger partial charge < -0.3 is 5.11 Å². The first-order chi connectivity index (χ1) is 19.1. The third-order valence-electron chi connectivity index (χ3n) is 7.39. The maximum Gasteiger partial charge on any atom is 0.160 e. The van der Waals surface area contributed by atoms with E-state index in [1.165, 1.54) is 0 Å². The van der Waals surface area contributed by atoms with Gasteiger partial charge in [0.25, 0.3) is 0 Å². The van der Waals surface area contributed by atoms with Crippen LogP contribution in [0, 0.1) is 0 Å². The third-order valence-corrected chi connectivity index (χ3v) is 7.92. The van der Waals surface area contributed by atoms with Crippen molar-refractivity contribution in [1.29, 1.82) is 0 Å². The summed E-state index contributed by atoms with van der Waals surface area (Å²) in [5.41, 5.74) is 7.11. The molecule has 0 aliphatic heterocycles. The average molecular weight is 567 g/mol. The van der Waals surface area contributed by atoms with Crippen LogP contribution in [0.25, 0.3) is 45.0 Å². The second-order valence-corrected chi connectivity index (χ2v) is 10.6. The summed E-state index contributed by atoms with van der Waals surface area (Å²) in [5, 5.41) is 13.1. The maximum absolute atomic E-state index is 13.1. The molecule has 1 aromatic heterocycles. The number of halogens is 1. The molecule has 1 aliphatic rings. The second-order valence-electron chi connectivity index (χ2n) is 9.66. The number of nitrogens with zero attached hydrogens (tertiary/aromatic N) is 2. The number of aromatic nitrogens is 2. The van der Waals surface area contributed by atoms with Gasteiger partial charge in [0.05, 0.1) is 11.4 Å². The highest BCUT2D eigenvalue weighted by Crippen LogP contribution is 2.54. The lowest BCUT2D eigenvalue weighted by Gasteiger charge is -2.30. The summed E-state index contributed by atoms with van der Waals surface area (Å²) in [6, 6.07) is 44.4. The Kier molecular flexibility index (Phi) is 5.73. The Bertz CT molecular complexity index is 1820. The number of hydrogen-bond donors (Lipinski definition) is 1. The minimum Gasteiger partial charge on any atom is -0.376 e. The molecule has 0 saturated carbocycles. The standard InChI is InChI=1S/C35H23BrN2O/c36-26-21-19-25(20-22-26)34-37-32(24-13-5-2-6-14-24)31-33(38-34)28-16-8-10-18-30(28)35(31,39)29-17-9-7-15-27(29)23-11-3-1-4-12-23/h1-22,39H. The Labute approximate surface area is 235 Å². The van der Waals surface area contributed by atoms with Crippen molar-refractivity contribution in [2.75, 3.05) is 0 Å². The van der Waals surface area contributed by atoms with Crippen LogP contribution < -0.4 is 0 Å². The molecule has 0 spiro atoms. The number of benzene rings is 5. The Morgan fingerprint density at radius 1 is 0.487 bits per heavy atom. The van der Waals surface area contributed by atoms with Gasteiger partial charge in [-0.2, -0.15) is 0 Å². The quantitative estimate of drug-likeness (QED) is 0.232. The van der Waals surface area contributed by atoms with Crippen LogP contribution in [0.3, 0.4) is 0 Å². The van der Waals surface area contributed by atoms with Crippen LogP contribution in [-0.2, 0) is 5.60 Å². The molecule has 1 aliphatic carbocycles. The predicted molar refractivity (Wildman–Crippen MR) is 160 cm³/mol. The van der Waals surface area contributed by atoms with E-state index in [9.17, 15) is 5.11 Å². The highest BCUT2D eigenvalue weighted by molar-refractivity contribution is 9.10. The van der Waals surface area contributed by atoms with Crippen LogP contribution in [0.1, 0.15) is 16.7 Å². The fraction of sp³-hybridized carbons (Fsp3) is 0.0286. The van der Waals surface area contributed by atoms with E-state index in [0.29, 0.717) is 11.4 Å². The average Bonchev–Trinajstić information content (AvgIpc) is 3.27. The van der Waals surface area contributed by atoms with Crippen LogP contribution >= 0.6 is 15.9 Å². The summed E-state index contributed by atoms with van der Waals surface area (Å²) < 4.78 is 0.993. The Balaban J connectivity index is 1.58. The molecular weight excluding hydrogens is 544 g/mol. The molecule has 0 saturated heterocycles. The fourth-order valence-corrected chi connectivity index (χ4v) is 5.88. The van der Waals surface area contributed by atoms with E-state index < -0.39 is 5.60 Å². The van der Waals surface area contributed by atoms with Crippen molar-refractivity contribution in [1.82, 2.24) is 9.97 Å². The third kappa shape index (κ3) is 3.84. The van der Waals surface area contributed by atoms with Gasteiger partial charge >= 0.3 is 0 Å². The highest BCUT2D eigenvalue weighted by Gasteiger charge is 2.48. The zero-order valence-corrected chi connectivity index (χ0v) is 22.5. The largest absolute Gasteiger partial charge is 0.376 e. The van der Waals surface area contributed by atoms with E-state index in [1.807, 2.05) is 115 Å². The van der Waals surface area contributed by atoms with E-state index in [4.69, 9.17) is 9.97 Å². The van der Waals surface area contributed by atoms with Gasteiger partial charge in [-0.05, 0) is 23.3 Å². The summed E-state index contributed by atoms with van der Waals surface area (Å²) in [6.07, 6.45) is 0. The van der Waals surface area contributed by atoms with Crippen LogP contribution in [0.4, 0.5) is 0 Å². The molecule has 5 aromatic carbocycles. The molecule has 6 aromatic rings. The zero-order valence-electron chi connectivity index (χ0n) is 20.9. The molecule has 1 unspecified atom stereocenters. The molecule has 1 atom stereocenters. The minimum atomic E-state index is -1.46. The molecule has 0 bridgehead atoms. The summed E-state index contributed by atoms with van der Waals surface area (Å²) in [6.45, 7) is 0. The first kappa shape index (κ1) is 23.7. The van der Waals surface area contributed by atoms with Crippen LogP contribution in [0.15, 0.2) is 138 Å². The Morgan fingerprint density at radius 3 is 1.67 bits per heavy atom. The van der Waals surface area contributed by atoms with Crippen LogP contribution in [0.2, 0.25) is 0 Å². The number of rotatable bonds is 4. The number of fused-ring (bicyclic) bond motifs is 3. The topological polar surface area (TPSA) is 46.0 Å². The van der Waals surface area contributed by atoms with Gasteiger partial charge in [0.1, 0.15) is 5.60 Å². The molecule has 0 amide bonds. The summed E-state index contributed by atoms with van der Waals surface area (Å²) in [5.74, 6) is 0.621. The first-order valence-electron chi connectivity index (χ1n) is 12.9. The maximum atomic E-state index is 13.1. The van der Waals surface area contributed by atoms with E-state index in [1.54, 1.807) is 0 Å². The lowest BCUT2D eigenvalue weighted by molar-refractivity contribution is 0.131. The minimum absolute atomic E-state index is 0.621. The van der Waals surface area contributed by atoms with Crippen LogP contribution in [-0.4, -0.2) is 15.1 Å². The van der Waals surface area contributed by atoms with Crippen molar-refractivity contribution in [2.45, 2.75) is 5.60 Å². The molecule has 0 fully saturated rings. The molecule has 4 heteroatoms. The van der Waals surface area contributed by atoms with Gasteiger partial charge in [-0.1, -0.05) is 137 Å². The van der Waals surface area contributed by atoms with Crippen molar-refractivity contribution in [3.8, 4) is 45.0 Å². The number of aliphatic hydroxyl groups is 1. The van der Waals surface area contributed by atoms with Gasteiger partial charge in [-0.15, -0.1) is 0 Å². The van der Waals surface area contributed by atoms with Gasteiger partial charge in [-0.25, -0.2) is 9.97 Å². The molecular formula is C35H23BrN2O. The van der Waals surface area contributed by atoms with Crippen molar-refractivity contribution < 1.29 is 5.11 Å². The normalized spacial score (nSPS) is 15.5. The summed E-state index contributed by atoms with van der Waals surface area (Å²) in [7, 11) is 0. The zero-order chi connectivity index (χ0) is 26.4. The van der Waals surface area contributed by atoms with E-state index in [-0.39, 0.29) is 0 Å². The fourth-order valence-electron chi connectivity index (χ4n) is 5.62.